The summed E-state index contributed by atoms with van der Waals surface area (Å²) in [5.74, 6) is -0.250. The molecule has 0 saturated carbocycles. The van der Waals surface area contributed by atoms with Crippen LogP contribution in [0.1, 0.15) is 25.7 Å². The number of piperazine rings is 1. The summed E-state index contributed by atoms with van der Waals surface area (Å²) in [6.45, 7) is 3.63. The number of amides is 2. The highest BCUT2D eigenvalue weighted by molar-refractivity contribution is 7.13. The topological polar surface area (TPSA) is 65.5 Å². The Morgan fingerprint density at radius 1 is 0.882 bits per heavy atom. The summed E-state index contributed by atoms with van der Waals surface area (Å²) >= 11 is 3.04. The SMILES string of the molecule is O=C(Nc1ccccc1C(=O)N1CCN(Cc2csc(-c3ccccc3)n2)CC1)c1cccs1. The Kier molecular flexibility index (Phi) is 6.80. The molecular weight excluding hydrogens is 464 g/mol. The van der Waals surface area contributed by atoms with E-state index in [0.29, 0.717) is 29.2 Å². The summed E-state index contributed by atoms with van der Waals surface area (Å²) in [4.78, 5) is 35.4. The first-order chi connectivity index (χ1) is 16.7. The summed E-state index contributed by atoms with van der Waals surface area (Å²) in [5.41, 5.74) is 3.27. The van der Waals surface area contributed by atoms with Crippen LogP contribution in [0.15, 0.2) is 77.5 Å². The van der Waals surface area contributed by atoms with E-state index in [2.05, 4.69) is 27.7 Å². The summed E-state index contributed by atoms with van der Waals surface area (Å²) in [5, 5.41) is 7.91. The lowest BCUT2D eigenvalue weighted by molar-refractivity contribution is 0.0628. The Morgan fingerprint density at radius 2 is 1.65 bits per heavy atom. The molecule has 1 aliphatic heterocycles. The molecule has 1 aliphatic rings. The Hall–Kier alpha value is -3.33. The van der Waals surface area contributed by atoms with Gasteiger partial charge in [-0.25, -0.2) is 4.98 Å². The largest absolute Gasteiger partial charge is 0.336 e. The van der Waals surface area contributed by atoms with Crippen LogP contribution in [-0.2, 0) is 6.54 Å². The van der Waals surface area contributed by atoms with Gasteiger partial charge < -0.3 is 10.2 Å². The minimum Gasteiger partial charge on any atom is -0.336 e. The van der Waals surface area contributed by atoms with Crippen molar-refractivity contribution in [3.05, 3.63) is 93.6 Å². The van der Waals surface area contributed by atoms with Crippen LogP contribution in [0, 0.1) is 0 Å². The molecule has 3 heterocycles. The normalized spacial score (nSPS) is 14.2. The summed E-state index contributed by atoms with van der Waals surface area (Å²) in [7, 11) is 0. The molecule has 172 valence electrons. The number of hydrogen-bond acceptors (Lipinski definition) is 6. The van der Waals surface area contributed by atoms with Crippen LogP contribution in [0.4, 0.5) is 5.69 Å². The fourth-order valence-electron chi connectivity index (χ4n) is 3.97. The average molecular weight is 489 g/mol. The number of rotatable bonds is 6. The zero-order chi connectivity index (χ0) is 23.3. The van der Waals surface area contributed by atoms with Crippen LogP contribution in [0.2, 0.25) is 0 Å². The number of para-hydroxylation sites is 1. The van der Waals surface area contributed by atoms with Crippen molar-refractivity contribution in [1.29, 1.82) is 0 Å². The maximum atomic E-state index is 13.3. The number of aromatic nitrogens is 1. The number of carbonyl (C=O) groups is 2. The van der Waals surface area contributed by atoms with Crippen molar-refractivity contribution in [2.24, 2.45) is 0 Å². The van der Waals surface area contributed by atoms with E-state index in [0.717, 1.165) is 35.9 Å². The third-order valence-corrected chi connectivity index (χ3v) is 7.58. The van der Waals surface area contributed by atoms with Gasteiger partial charge in [-0.2, -0.15) is 0 Å². The second kappa shape index (κ2) is 10.3. The zero-order valence-electron chi connectivity index (χ0n) is 18.5. The molecule has 1 fully saturated rings. The lowest BCUT2D eigenvalue weighted by Gasteiger charge is -2.34. The number of thiophene rings is 1. The molecule has 0 bridgehead atoms. The van der Waals surface area contributed by atoms with E-state index < -0.39 is 0 Å². The van der Waals surface area contributed by atoms with Crippen molar-refractivity contribution in [3.8, 4) is 10.6 Å². The molecule has 1 N–H and O–H groups in total. The average Bonchev–Trinajstić information content (AvgIpc) is 3.58. The van der Waals surface area contributed by atoms with Crippen LogP contribution in [0.3, 0.4) is 0 Å². The highest BCUT2D eigenvalue weighted by Gasteiger charge is 2.25. The molecule has 2 aromatic carbocycles. The lowest BCUT2D eigenvalue weighted by Crippen LogP contribution is -2.48. The number of benzene rings is 2. The van der Waals surface area contributed by atoms with Crippen LogP contribution >= 0.6 is 22.7 Å². The summed E-state index contributed by atoms with van der Waals surface area (Å²) in [6.07, 6.45) is 0. The predicted octanol–water partition coefficient (Wildman–Crippen LogP) is 5.08. The smallest absolute Gasteiger partial charge is 0.265 e. The number of anilines is 1. The van der Waals surface area contributed by atoms with Crippen molar-refractivity contribution in [1.82, 2.24) is 14.8 Å². The Morgan fingerprint density at radius 3 is 2.41 bits per heavy atom. The van der Waals surface area contributed by atoms with E-state index in [1.54, 1.807) is 29.5 Å². The monoisotopic (exact) mass is 488 g/mol. The van der Waals surface area contributed by atoms with Gasteiger partial charge in [-0.1, -0.05) is 48.5 Å². The molecule has 0 spiro atoms. The molecule has 5 rings (SSSR count). The number of nitrogens with one attached hydrogen (secondary N) is 1. The van der Waals surface area contributed by atoms with Crippen molar-refractivity contribution in [2.75, 3.05) is 31.5 Å². The molecule has 0 unspecified atom stereocenters. The van der Waals surface area contributed by atoms with Crippen molar-refractivity contribution < 1.29 is 9.59 Å². The molecule has 6 nitrogen and oxygen atoms in total. The van der Waals surface area contributed by atoms with E-state index in [4.69, 9.17) is 4.98 Å². The molecular formula is C26H24N4O2S2. The molecule has 4 aromatic rings. The fourth-order valence-corrected chi connectivity index (χ4v) is 5.41. The molecule has 0 radical (unpaired) electrons. The van der Waals surface area contributed by atoms with Crippen LogP contribution in [-0.4, -0.2) is 52.8 Å². The second-order valence-electron chi connectivity index (χ2n) is 8.06. The van der Waals surface area contributed by atoms with Gasteiger partial charge in [0.2, 0.25) is 0 Å². The Bertz CT molecular complexity index is 1260. The van der Waals surface area contributed by atoms with Gasteiger partial charge in [0.15, 0.2) is 0 Å². The highest BCUT2D eigenvalue weighted by Crippen LogP contribution is 2.25. The summed E-state index contributed by atoms with van der Waals surface area (Å²) in [6, 6.07) is 21.0. The number of thiazole rings is 1. The molecule has 8 heteroatoms. The van der Waals surface area contributed by atoms with Gasteiger partial charge >= 0.3 is 0 Å². The van der Waals surface area contributed by atoms with E-state index in [-0.39, 0.29) is 11.8 Å². The van der Waals surface area contributed by atoms with Crippen LogP contribution < -0.4 is 5.32 Å². The molecule has 34 heavy (non-hydrogen) atoms. The first-order valence-electron chi connectivity index (χ1n) is 11.1. The summed E-state index contributed by atoms with van der Waals surface area (Å²) < 4.78 is 0. The predicted molar refractivity (Wildman–Crippen MR) is 137 cm³/mol. The number of carbonyl (C=O) groups excluding carboxylic acids is 2. The first-order valence-corrected chi connectivity index (χ1v) is 12.9. The van der Waals surface area contributed by atoms with Gasteiger partial charge in [0.25, 0.3) is 11.8 Å². The van der Waals surface area contributed by atoms with Gasteiger partial charge in [0.05, 0.1) is 21.8 Å². The maximum absolute atomic E-state index is 13.3. The third-order valence-electron chi connectivity index (χ3n) is 5.77. The van der Waals surface area contributed by atoms with Gasteiger partial charge in [-0.3, -0.25) is 14.5 Å². The molecule has 0 atom stereocenters. The van der Waals surface area contributed by atoms with Crippen molar-refractivity contribution in [3.63, 3.8) is 0 Å². The third kappa shape index (κ3) is 5.09. The number of hydrogen-bond donors (Lipinski definition) is 1. The quantitative estimate of drug-likeness (QED) is 0.411. The second-order valence-corrected chi connectivity index (χ2v) is 9.86. The van der Waals surface area contributed by atoms with Crippen LogP contribution in [0.25, 0.3) is 10.6 Å². The van der Waals surface area contributed by atoms with E-state index in [9.17, 15) is 9.59 Å². The highest BCUT2D eigenvalue weighted by atomic mass is 32.1. The standard InChI is InChI=1S/C26H24N4O2S2/c31-24(23-11-6-16-33-23)28-22-10-5-4-9-21(22)26(32)30-14-12-29(13-15-30)17-20-18-34-25(27-20)19-7-2-1-3-8-19/h1-11,16,18H,12-15,17H2,(H,28,31). The van der Waals surface area contributed by atoms with Crippen molar-refractivity contribution >= 4 is 40.2 Å². The molecule has 0 aliphatic carbocycles. The molecule has 2 aromatic heterocycles. The van der Waals surface area contributed by atoms with E-state index >= 15 is 0 Å². The first kappa shape index (κ1) is 22.5. The minimum atomic E-state index is -0.196. The van der Waals surface area contributed by atoms with Gasteiger partial charge in [-0.05, 0) is 23.6 Å². The maximum Gasteiger partial charge on any atom is 0.265 e. The van der Waals surface area contributed by atoms with Gasteiger partial charge in [0, 0.05) is 43.7 Å². The van der Waals surface area contributed by atoms with E-state index in [1.807, 2.05) is 46.7 Å². The lowest BCUT2D eigenvalue weighted by atomic mass is 10.1. The minimum absolute atomic E-state index is 0.0539. The molecule has 1 saturated heterocycles. The van der Waals surface area contributed by atoms with Gasteiger partial charge in [-0.15, -0.1) is 22.7 Å². The Balaban J connectivity index is 1.19. The zero-order valence-corrected chi connectivity index (χ0v) is 20.1. The van der Waals surface area contributed by atoms with Gasteiger partial charge in [0.1, 0.15) is 5.01 Å². The number of nitrogens with zero attached hydrogens (tertiary/aromatic N) is 3. The Labute approximate surface area is 206 Å². The van der Waals surface area contributed by atoms with Crippen LogP contribution in [0.5, 0.6) is 0 Å². The van der Waals surface area contributed by atoms with Crippen molar-refractivity contribution in [2.45, 2.75) is 6.54 Å². The fraction of sp³-hybridized carbons (Fsp3) is 0.192. The molecule has 2 amide bonds. The van der Waals surface area contributed by atoms with E-state index in [1.165, 1.54) is 11.3 Å².